The largest absolute Gasteiger partial charge is 0.494 e. The van der Waals surface area contributed by atoms with Crippen LogP contribution < -0.4 is 14.8 Å². The van der Waals surface area contributed by atoms with Gasteiger partial charge in [0.15, 0.2) is 11.4 Å². The Morgan fingerprint density at radius 2 is 1.36 bits per heavy atom. The van der Waals surface area contributed by atoms with Crippen LogP contribution in [0.15, 0.2) is 12.3 Å². The van der Waals surface area contributed by atoms with E-state index in [1.54, 1.807) is 6.92 Å². The first-order valence-corrected chi connectivity index (χ1v) is 15.9. The summed E-state index contributed by atoms with van der Waals surface area (Å²) in [6.07, 6.45) is 17.4. The highest BCUT2D eigenvalue weighted by molar-refractivity contribution is 7.90. The van der Waals surface area contributed by atoms with Crippen molar-refractivity contribution in [1.82, 2.24) is 15.0 Å². The van der Waals surface area contributed by atoms with Crippen molar-refractivity contribution in [3.8, 4) is 5.75 Å². The molecular formula is C28H47N3O7S. The van der Waals surface area contributed by atoms with E-state index in [-0.39, 0.29) is 35.9 Å². The molecule has 222 valence electrons. The number of esters is 1. The molecule has 0 spiro atoms. The molecule has 0 fully saturated rings. The second-order valence-electron chi connectivity index (χ2n) is 9.61. The Kier molecular flexibility index (Phi) is 17.8. The number of carbonyl (C=O) groups excluding carboxylic acids is 3. The summed E-state index contributed by atoms with van der Waals surface area (Å²) in [7, 11) is -2.53. The summed E-state index contributed by atoms with van der Waals surface area (Å²) in [5.74, 6) is -2.34. The molecule has 11 heteroatoms. The van der Waals surface area contributed by atoms with Gasteiger partial charge in [0.1, 0.15) is 6.54 Å². The van der Waals surface area contributed by atoms with Gasteiger partial charge in [-0.15, -0.1) is 0 Å². The molecule has 0 saturated heterocycles. The molecular weight excluding hydrogens is 522 g/mol. The van der Waals surface area contributed by atoms with Gasteiger partial charge in [-0.25, -0.2) is 18.1 Å². The standard InChI is InChI=1S/C28H47N3O7S/c1-4-6-7-8-9-10-11-12-13-14-15-16-17-18-19-39(35,36)31-27(33)23-20-24(37-3)26(29-21-23)28(34)30-22-25(32)38-5-2/h20-21H,4-19,22H2,1-3H3,(H,30,34)(H,31,33). The Labute approximate surface area is 234 Å². The number of sulfonamides is 1. The lowest BCUT2D eigenvalue weighted by molar-refractivity contribution is -0.141. The number of nitrogens with one attached hydrogen (secondary N) is 2. The third-order valence-corrected chi connectivity index (χ3v) is 7.59. The number of unbranched alkanes of at least 4 members (excludes halogenated alkanes) is 13. The van der Waals surface area contributed by atoms with Crippen LogP contribution in [0.4, 0.5) is 0 Å². The average molecular weight is 570 g/mol. The van der Waals surface area contributed by atoms with E-state index in [0.29, 0.717) is 6.42 Å². The number of methoxy groups -OCH3 is 1. The highest BCUT2D eigenvalue weighted by atomic mass is 32.2. The maximum atomic E-state index is 12.5. The Morgan fingerprint density at radius 3 is 1.87 bits per heavy atom. The Bertz CT molecular complexity index is 983. The first-order valence-electron chi connectivity index (χ1n) is 14.3. The van der Waals surface area contributed by atoms with Gasteiger partial charge in [-0.1, -0.05) is 90.4 Å². The van der Waals surface area contributed by atoms with E-state index in [1.807, 2.05) is 4.72 Å². The molecule has 0 atom stereocenters. The minimum atomic E-state index is -3.81. The van der Waals surface area contributed by atoms with Crippen LogP contribution in [0.25, 0.3) is 0 Å². The van der Waals surface area contributed by atoms with Gasteiger partial charge >= 0.3 is 5.97 Å². The molecule has 1 heterocycles. The number of aromatic nitrogens is 1. The predicted molar refractivity (Wildman–Crippen MR) is 151 cm³/mol. The number of hydrogen-bond acceptors (Lipinski definition) is 8. The normalized spacial score (nSPS) is 11.2. The maximum Gasteiger partial charge on any atom is 0.325 e. The zero-order chi connectivity index (χ0) is 28.9. The molecule has 0 aliphatic carbocycles. The summed E-state index contributed by atoms with van der Waals surface area (Å²) in [6, 6.07) is 1.23. The number of rotatable bonds is 22. The molecule has 1 aromatic rings. The van der Waals surface area contributed by atoms with Crippen molar-refractivity contribution < 1.29 is 32.3 Å². The van der Waals surface area contributed by atoms with Crippen LogP contribution in [0.1, 0.15) is 125 Å². The van der Waals surface area contributed by atoms with E-state index in [4.69, 9.17) is 9.47 Å². The zero-order valence-electron chi connectivity index (χ0n) is 23.9. The van der Waals surface area contributed by atoms with Crippen molar-refractivity contribution in [2.75, 3.05) is 26.0 Å². The van der Waals surface area contributed by atoms with Crippen LogP contribution in [-0.4, -0.2) is 57.2 Å². The van der Waals surface area contributed by atoms with Gasteiger partial charge in [-0.3, -0.25) is 14.4 Å². The SMILES string of the molecule is CCCCCCCCCCCCCCCCS(=O)(=O)NC(=O)c1cnc(C(=O)NCC(=O)OCC)c(OC)c1. The van der Waals surface area contributed by atoms with E-state index < -0.39 is 27.8 Å². The van der Waals surface area contributed by atoms with E-state index in [9.17, 15) is 22.8 Å². The second kappa shape index (κ2) is 20.2. The fraction of sp³-hybridized carbons (Fsp3) is 0.714. The number of amides is 2. The molecule has 0 aromatic carbocycles. The smallest absolute Gasteiger partial charge is 0.325 e. The molecule has 2 amide bonds. The number of nitrogens with zero attached hydrogens (tertiary/aromatic N) is 1. The quantitative estimate of drug-likeness (QED) is 0.148. The van der Waals surface area contributed by atoms with Crippen molar-refractivity contribution in [3.63, 3.8) is 0 Å². The van der Waals surface area contributed by atoms with Crippen LogP contribution in [0.2, 0.25) is 0 Å². The van der Waals surface area contributed by atoms with Crippen LogP contribution in [-0.2, 0) is 19.6 Å². The maximum absolute atomic E-state index is 12.5. The highest BCUT2D eigenvalue weighted by Crippen LogP contribution is 2.18. The number of ether oxygens (including phenoxy) is 2. The fourth-order valence-corrected chi connectivity index (χ4v) is 5.17. The first-order chi connectivity index (χ1) is 18.7. The van der Waals surface area contributed by atoms with Gasteiger partial charge in [0.05, 0.1) is 25.0 Å². The van der Waals surface area contributed by atoms with Gasteiger partial charge in [0.25, 0.3) is 11.8 Å². The monoisotopic (exact) mass is 569 g/mol. The molecule has 0 radical (unpaired) electrons. The predicted octanol–water partition coefficient (Wildman–Crippen LogP) is 4.92. The summed E-state index contributed by atoms with van der Waals surface area (Å²) in [5.41, 5.74) is -0.220. The average Bonchev–Trinajstić information content (AvgIpc) is 2.91. The number of pyridine rings is 1. The number of hydrogen-bond donors (Lipinski definition) is 2. The van der Waals surface area contributed by atoms with Gasteiger partial charge in [0, 0.05) is 6.20 Å². The van der Waals surface area contributed by atoms with Crippen molar-refractivity contribution >= 4 is 27.8 Å². The minimum absolute atomic E-state index is 0.0339. The molecule has 1 rings (SSSR count). The van der Waals surface area contributed by atoms with Crippen molar-refractivity contribution in [2.24, 2.45) is 0 Å². The summed E-state index contributed by atoms with van der Waals surface area (Å²) in [5, 5.41) is 2.35. The van der Waals surface area contributed by atoms with E-state index >= 15 is 0 Å². The van der Waals surface area contributed by atoms with Crippen molar-refractivity contribution in [3.05, 3.63) is 23.5 Å². The highest BCUT2D eigenvalue weighted by Gasteiger charge is 2.21. The van der Waals surface area contributed by atoms with E-state index in [0.717, 1.165) is 25.5 Å². The van der Waals surface area contributed by atoms with Gasteiger partial charge < -0.3 is 14.8 Å². The second-order valence-corrected chi connectivity index (χ2v) is 11.5. The molecule has 0 bridgehead atoms. The first kappa shape index (κ1) is 34.3. The van der Waals surface area contributed by atoms with Crippen LogP contribution >= 0.6 is 0 Å². The van der Waals surface area contributed by atoms with Crippen LogP contribution in [0.5, 0.6) is 5.75 Å². The molecule has 0 unspecified atom stereocenters. The lowest BCUT2D eigenvalue weighted by Gasteiger charge is -2.11. The Morgan fingerprint density at radius 1 is 0.821 bits per heavy atom. The van der Waals surface area contributed by atoms with E-state index in [2.05, 4.69) is 17.2 Å². The van der Waals surface area contributed by atoms with Crippen LogP contribution in [0, 0.1) is 0 Å². The van der Waals surface area contributed by atoms with E-state index in [1.165, 1.54) is 77.4 Å². The molecule has 0 saturated carbocycles. The molecule has 10 nitrogen and oxygen atoms in total. The number of carbonyl (C=O) groups is 3. The Balaban J connectivity index is 2.33. The summed E-state index contributed by atoms with van der Waals surface area (Å²) < 4.78 is 36.7. The lowest BCUT2D eigenvalue weighted by atomic mass is 10.0. The van der Waals surface area contributed by atoms with Crippen molar-refractivity contribution in [2.45, 2.75) is 104 Å². The molecule has 0 aliphatic rings. The third-order valence-electron chi connectivity index (χ3n) is 6.26. The van der Waals surface area contributed by atoms with Crippen LogP contribution in [0.3, 0.4) is 0 Å². The third kappa shape index (κ3) is 15.5. The Hall–Kier alpha value is -2.69. The van der Waals surface area contributed by atoms with Crippen molar-refractivity contribution in [1.29, 1.82) is 0 Å². The summed E-state index contributed by atoms with van der Waals surface area (Å²) >= 11 is 0. The minimum Gasteiger partial charge on any atom is -0.494 e. The molecule has 39 heavy (non-hydrogen) atoms. The van der Waals surface area contributed by atoms with Gasteiger partial charge in [-0.2, -0.15) is 0 Å². The summed E-state index contributed by atoms with van der Waals surface area (Å²) in [4.78, 5) is 40.1. The molecule has 1 aromatic heterocycles. The topological polar surface area (TPSA) is 141 Å². The van der Waals surface area contributed by atoms with Gasteiger partial charge in [-0.05, 0) is 19.4 Å². The molecule has 0 aliphatic heterocycles. The molecule has 2 N–H and O–H groups in total. The summed E-state index contributed by atoms with van der Waals surface area (Å²) in [6.45, 7) is 3.71. The fourth-order valence-electron chi connectivity index (χ4n) is 4.08. The van der Waals surface area contributed by atoms with Gasteiger partial charge in [0.2, 0.25) is 10.0 Å². The lowest BCUT2D eigenvalue weighted by Crippen LogP contribution is -2.33. The zero-order valence-corrected chi connectivity index (χ0v) is 24.7.